The second kappa shape index (κ2) is 8.13. The molecule has 1 heteroatoms. The second-order valence-electron chi connectivity index (χ2n) is 6.69. The van der Waals surface area contributed by atoms with Crippen LogP contribution in [0.1, 0.15) is 80.1 Å². The van der Waals surface area contributed by atoms with Crippen molar-refractivity contribution in [3.8, 4) is 0 Å². The molecule has 0 bridgehead atoms. The summed E-state index contributed by atoms with van der Waals surface area (Å²) in [5, 5.41) is 0. The van der Waals surface area contributed by atoms with Crippen LogP contribution in [0.25, 0.3) is 0 Å². The van der Waals surface area contributed by atoms with Crippen LogP contribution in [-0.2, 0) is 0 Å². The standard InChI is InChI=1S/C16H35N/c1-7-9-10-16(6,8-2)12-15(17)11-14(5)13(3)4/h13-15H,7-12,17H2,1-6H3. The second-order valence-corrected chi connectivity index (χ2v) is 6.69. The Morgan fingerprint density at radius 2 is 1.71 bits per heavy atom. The molecule has 1 nitrogen and oxygen atoms in total. The van der Waals surface area contributed by atoms with E-state index in [0.29, 0.717) is 11.5 Å². The van der Waals surface area contributed by atoms with Gasteiger partial charge in [-0.1, -0.05) is 60.8 Å². The SMILES string of the molecule is CCCCC(C)(CC)CC(N)CC(C)C(C)C. The Labute approximate surface area is 110 Å². The van der Waals surface area contributed by atoms with Crippen LogP contribution in [0.2, 0.25) is 0 Å². The number of hydrogen-bond donors (Lipinski definition) is 1. The predicted molar refractivity (Wildman–Crippen MR) is 79.1 cm³/mol. The predicted octanol–water partition coefficient (Wildman–Crippen LogP) is 4.99. The van der Waals surface area contributed by atoms with Crippen LogP contribution < -0.4 is 5.73 Å². The molecule has 0 amide bonds. The molecule has 0 aliphatic rings. The third kappa shape index (κ3) is 7.08. The van der Waals surface area contributed by atoms with Crippen molar-refractivity contribution < 1.29 is 0 Å². The van der Waals surface area contributed by atoms with E-state index in [0.717, 1.165) is 11.8 Å². The summed E-state index contributed by atoms with van der Waals surface area (Å²) >= 11 is 0. The topological polar surface area (TPSA) is 26.0 Å². The summed E-state index contributed by atoms with van der Waals surface area (Å²) in [6, 6.07) is 0.384. The summed E-state index contributed by atoms with van der Waals surface area (Å²) in [6.45, 7) is 13.9. The van der Waals surface area contributed by atoms with Crippen LogP contribution in [0, 0.1) is 17.3 Å². The fourth-order valence-electron chi connectivity index (χ4n) is 2.49. The molecule has 0 aromatic heterocycles. The molecule has 3 atom stereocenters. The van der Waals surface area contributed by atoms with Crippen molar-refractivity contribution in [1.29, 1.82) is 0 Å². The van der Waals surface area contributed by atoms with E-state index in [1.54, 1.807) is 0 Å². The highest BCUT2D eigenvalue weighted by Crippen LogP contribution is 2.34. The average Bonchev–Trinajstić information content (AvgIpc) is 2.26. The van der Waals surface area contributed by atoms with E-state index in [9.17, 15) is 0 Å². The Balaban J connectivity index is 4.17. The van der Waals surface area contributed by atoms with E-state index < -0.39 is 0 Å². The van der Waals surface area contributed by atoms with Gasteiger partial charge in [-0.15, -0.1) is 0 Å². The van der Waals surface area contributed by atoms with Crippen molar-refractivity contribution in [2.24, 2.45) is 23.0 Å². The zero-order valence-corrected chi connectivity index (χ0v) is 13.1. The zero-order chi connectivity index (χ0) is 13.5. The quantitative estimate of drug-likeness (QED) is 0.604. The summed E-state index contributed by atoms with van der Waals surface area (Å²) in [5.41, 5.74) is 6.81. The molecular weight excluding hydrogens is 206 g/mol. The van der Waals surface area contributed by atoms with Gasteiger partial charge in [-0.2, -0.15) is 0 Å². The van der Waals surface area contributed by atoms with Gasteiger partial charge in [0.15, 0.2) is 0 Å². The Morgan fingerprint density at radius 3 is 2.12 bits per heavy atom. The lowest BCUT2D eigenvalue weighted by Gasteiger charge is -2.32. The van der Waals surface area contributed by atoms with Crippen molar-refractivity contribution in [3.63, 3.8) is 0 Å². The third-order valence-corrected chi connectivity index (χ3v) is 4.56. The summed E-state index contributed by atoms with van der Waals surface area (Å²) in [6.07, 6.45) is 7.62. The maximum Gasteiger partial charge on any atom is 0.00466 e. The summed E-state index contributed by atoms with van der Waals surface area (Å²) in [4.78, 5) is 0. The van der Waals surface area contributed by atoms with Crippen molar-refractivity contribution >= 4 is 0 Å². The van der Waals surface area contributed by atoms with Gasteiger partial charge in [0.25, 0.3) is 0 Å². The fraction of sp³-hybridized carbons (Fsp3) is 1.00. The number of nitrogens with two attached hydrogens (primary N) is 1. The molecule has 0 aliphatic carbocycles. The molecule has 0 aromatic rings. The molecule has 0 aromatic carbocycles. The minimum absolute atomic E-state index is 0.384. The minimum Gasteiger partial charge on any atom is -0.328 e. The lowest BCUT2D eigenvalue weighted by molar-refractivity contribution is 0.214. The third-order valence-electron chi connectivity index (χ3n) is 4.56. The van der Waals surface area contributed by atoms with Gasteiger partial charge in [-0.05, 0) is 36.5 Å². The van der Waals surface area contributed by atoms with Crippen LogP contribution in [-0.4, -0.2) is 6.04 Å². The highest BCUT2D eigenvalue weighted by atomic mass is 14.6. The molecule has 0 rings (SSSR count). The number of hydrogen-bond acceptors (Lipinski definition) is 1. The van der Waals surface area contributed by atoms with Crippen molar-refractivity contribution in [2.45, 2.75) is 86.1 Å². The lowest BCUT2D eigenvalue weighted by atomic mass is 9.75. The van der Waals surface area contributed by atoms with Gasteiger partial charge in [0.05, 0.1) is 0 Å². The zero-order valence-electron chi connectivity index (χ0n) is 13.1. The molecule has 0 heterocycles. The maximum absolute atomic E-state index is 6.35. The Hall–Kier alpha value is -0.0400. The Bertz CT molecular complexity index is 188. The molecule has 0 spiro atoms. The molecular formula is C16H35N. The average molecular weight is 241 g/mol. The van der Waals surface area contributed by atoms with Gasteiger partial charge in [0.2, 0.25) is 0 Å². The Morgan fingerprint density at radius 1 is 1.12 bits per heavy atom. The van der Waals surface area contributed by atoms with Crippen molar-refractivity contribution in [3.05, 3.63) is 0 Å². The van der Waals surface area contributed by atoms with Crippen LogP contribution in [0.3, 0.4) is 0 Å². The number of rotatable bonds is 9. The van der Waals surface area contributed by atoms with Crippen LogP contribution in [0.15, 0.2) is 0 Å². The van der Waals surface area contributed by atoms with Crippen LogP contribution in [0.5, 0.6) is 0 Å². The monoisotopic (exact) mass is 241 g/mol. The van der Waals surface area contributed by atoms with Gasteiger partial charge in [0.1, 0.15) is 0 Å². The molecule has 3 unspecified atom stereocenters. The molecule has 0 saturated heterocycles. The van der Waals surface area contributed by atoms with E-state index in [2.05, 4.69) is 41.5 Å². The first kappa shape index (κ1) is 17.0. The van der Waals surface area contributed by atoms with Gasteiger partial charge in [-0.3, -0.25) is 0 Å². The molecule has 104 valence electrons. The van der Waals surface area contributed by atoms with Gasteiger partial charge < -0.3 is 5.73 Å². The first-order valence-corrected chi connectivity index (χ1v) is 7.60. The normalized spacial score (nSPS) is 19.1. The minimum atomic E-state index is 0.384. The first-order valence-electron chi connectivity index (χ1n) is 7.60. The molecule has 0 saturated carbocycles. The molecule has 0 radical (unpaired) electrons. The molecule has 17 heavy (non-hydrogen) atoms. The van der Waals surface area contributed by atoms with Crippen molar-refractivity contribution in [1.82, 2.24) is 0 Å². The smallest absolute Gasteiger partial charge is 0.00466 e. The lowest BCUT2D eigenvalue weighted by Crippen LogP contribution is -2.31. The van der Waals surface area contributed by atoms with E-state index in [1.165, 1.54) is 38.5 Å². The molecule has 2 N–H and O–H groups in total. The summed E-state index contributed by atoms with van der Waals surface area (Å²) < 4.78 is 0. The highest BCUT2D eigenvalue weighted by molar-refractivity contribution is 4.80. The van der Waals surface area contributed by atoms with Crippen molar-refractivity contribution in [2.75, 3.05) is 0 Å². The van der Waals surface area contributed by atoms with E-state index in [-0.39, 0.29) is 0 Å². The van der Waals surface area contributed by atoms with Gasteiger partial charge >= 0.3 is 0 Å². The molecule has 0 aliphatic heterocycles. The largest absolute Gasteiger partial charge is 0.328 e. The maximum atomic E-state index is 6.35. The number of unbranched alkanes of at least 4 members (excludes halogenated alkanes) is 1. The first-order chi connectivity index (χ1) is 7.84. The highest BCUT2D eigenvalue weighted by Gasteiger charge is 2.25. The van der Waals surface area contributed by atoms with Crippen LogP contribution in [0.4, 0.5) is 0 Å². The van der Waals surface area contributed by atoms with E-state index in [4.69, 9.17) is 5.73 Å². The van der Waals surface area contributed by atoms with Gasteiger partial charge in [-0.25, -0.2) is 0 Å². The Kier molecular flexibility index (Phi) is 8.11. The summed E-state index contributed by atoms with van der Waals surface area (Å²) in [5.74, 6) is 1.50. The fourth-order valence-corrected chi connectivity index (χ4v) is 2.49. The van der Waals surface area contributed by atoms with Gasteiger partial charge in [0, 0.05) is 6.04 Å². The van der Waals surface area contributed by atoms with Crippen LogP contribution >= 0.6 is 0 Å². The van der Waals surface area contributed by atoms with E-state index in [1.807, 2.05) is 0 Å². The molecule has 0 fully saturated rings. The van der Waals surface area contributed by atoms with E-state index >= 15 is 0 Å². The summed E-state index contributed by atoms with van der Waals surface area (Å²) in [7, 11) is 0.